The second-order valence-corrected chi connectivity index (χ2v) is 7.66. The zero-order chi connectivity index (χ0) is 19.1. The SMILES string of the molecule is COc1cc(NC(=O)CCCCCN2C(=O)CSC2=S)c(OC)cc1Cl. The Bertz CT molecular complexity index is 684. The van der Waals surface area contributed by atoms with E-state index >= 15 is 0 Å². The summed E-state index contributed by atoms with van der Waals surface area (Å²) in [7, 11) is 3.02. The van der Waals surface area contributed by atoms with E-state index in [1.165, 1.54) is 26.0 Å². The number of amides is 2. The van der Waals surface area contributed by atoms with Crippen LogP contribution in [-0.4, -0.2) is 47.6 Å². The van der Waals surface area contributed by atoms with Crippen molar-refractivity contribution in [1.29, 1.82) is 0 Å². The van der Waals surface area contributed by atoms with E-state index in [2.05, 4.69) is 5.32 Å². The van der Waals surface area contributed by atoms with Crippen LogP contribution in [0.1, 0.15) is 25.7 Å². The first-order valence-electron chi connectivity index (χ1n) is 8.14. The average Bonchev–Trinajstić information content (AvgIpc) is 2.94. The van der Waals surface area contributed by atoms with Gasteiger partial charge in [-0.15, -0.1) is 0 Å². The summed E-state index contributed by atoms with van der Waals surface area (Å²) in [6.45, 7) is 0.620. The Kier molecular flexibility index (Phi) is 7.99. The summed E-state index contributed by atoms with van der Waals surface area (Å²) in [6.07, 6.45) is 2.76. The maximum absolute atomic E-state index is 12.2. The van der Waals surface area contributed by atoms with E-state index in [0.29, 0.717) is 45.2 Å². The van der Waals surface area contributed by atoms with Crippen molar-refractivity contribution in [2.75, 3.05) is 31.8 Å². The summed E-state index contributed by atoms with van der Waals surface area (Å²) in [6, 6.07) is 3.24. The van der Waals surface area contributed by atoms with Crippen LogP contribution in [0.2, 0.25) is 5.02 Å². The molecule has 1 aliphatic heterocycles. The fourth-order valence-electron chi connectivity index (χ4n) is 2.50. The summed E-state index contributed by atoms with van der Waals surface area (Å²) in [5.74, 6) is 1.33. The number of hydrogen-bond donors (Lipinski definition) is 1. The van der Waals surface area contributed by atoms with Crippen molar-refractivity contribution in [2.45, 2.75) is 25.7 Å². The number of unbranched alkanes of at least 4 members (excludes halogenated alkanes) is 2. The summed E-state index contributed by atoms with van der Waals surface area (Å²) in [5, 5.41) is 3.23. The molecule has 1 heterocycles. The Morgan fingerprint density at radius 1 is 1.27 bits per heavy atom. The molecule has 1 fully saturated rings. The van der Waals surface area contributed by atoms with Gasteiger partial charge in [-0.1, -0.05) is 42.0 Å². The third kappa shape index (κ3) is 5.49. The molecule has 9 heteroatoms. The van der Waals surface area contributed by atoms with Gasteiger partial charge in [0.15, 0.2) is 0 Å². The summed E-state index contributed by atoms with van der Waals surface area (Å²) in [4.78, 5) is 25.4. The van der Waals surface area contributed by atoms with Gasteiger partial charge in [-0.25, -0.2) is 0 Å². The molecule has 0 atom stereocenters. The monoisotopic (exact) mass is 416 g/mol. The maximum Gasteiger partial charge on any atom is 0.238 e. The van der Waals surface area contributed by atoms with Crippen molar-refractivity contribution in [1.82, 2.24) is 4.90 Å². The lowest BCUT2D eigenvalue weighted by Gasteiger charge is -2.14. The first kappa shape index (κ1) is 20.8. The van der Waals surface area contributed by atoms with Crippen LogP contribution < -0.4 is 14.8 Å². The summed E-state index contributed by atoms with van der Waals surface area (Å²) >= 11 is 12.6. The van der Waals surface area contributed by atoms with Crippen LogP contribution in [0.25, 0.3) is 0 Å². The Labute approximate surface area is 167 Å². The van der Waals surface area contributed by atoms with Gasteiger partial charge in [0.25, 0.3) is 0 Å². The van der Waals surface area contributed by atoms with Crippen LogP contribution in [0.4, 0.5) is 5.69 Å². The Balaban J connectivity index is 1.77. The molecule has 1 aliphatic rings. The fraction of sp³-hybridized carbons (Fsp3) is 0.471. The number of anilines is 1. The molecule has 1 aromatic carbocycles. The van der Waals surface area contributed by atoms with Gasteiger partial charge in [0.05, 0.1) is 30.7 Å². The number of methoxy groups -OCH3 is 2. The van der Waals surface area contributed by atoms with Gasteiger partial charge in [-0.2, -0.15) is 0 Å². The molecular formula is C17H21ClN2O4S2. The van der Waals surface area contributed by atoms with E-state index in [1.807, 2.05) is 0 Å². The van der Waals surface area contributed by atoms with Gasteiger partial charge in [0.2, 0.25) is 11.8 Å². The Hall–Kier alpha value is -1.51. The number of carbonyl (C=O) groups excluding carboxylic acids is 2. The van der Waals surface area contributed by atoms with Crippen LogP contribution in [0.3, 0.4) is 0 Å². The van der Waals surface area contributed by atoms with E-state index < -0.39 is 0 Å². The van der Waals surface area contributed by atoms with E-state index in [0.717, 1.165) is 19.3 Å². The number of nitrogens with zero attached hydrogens (tertiary/aromatic N) is 1. The first-order chi connectivity index (χ1) is 12.5. The molecule has 2 rings (SSSR count). The molecule has 142 valence electrons. The predicted molar refractivity (Wildman–Crippen MR) is 108 cm³/mol. The molecule has 0 spiro atoms. The molecule has 0 aromatic heterocycles. The maximum atomic E-state index is 12.2. The summed E-state index contributed by atoms with van der Waals surface area (Å²) in [5.41, 5.74) is 0.517. The number of thioether (sulfide) groups is 1. The van der Waals surface area contributed by atoms with E-state index in [-0.39, 0.29) is 11.8 Å². The number of halogens is 1. The van der Waals surface area contributed by atoms with Crippen LogP contribution in [0.15, 0.2) is 12.1 Å². The second kappa shape index (κ2) is 9.99. The topological polar surface area (TPSA) is 67.9 Å². The van der Waals surface area contributed by atoms with Crippen LogP contribution in [0, 0.1) is 0 Å². The number of rotatable bonds is 9. The highest BCUT2D eigenvalue weighted by Crippen LogP contribution is 2.35. The van der Waals surface area contributed by atoms with Gasteiger partial charge >= 0.3 is 0 Å². The van der Waals surface area contributed by atoms with Gasteiger partial charge in [0, 0.05) is 25.1 Å². The third-order valence-corrected chi connectivity index (χ3v) is 5.60. The van der Waals surface area contributed by atoms with Crippen molar-refractivity contribution in [3.05, 3.63) is 17.2 Å². The van der Waals surface area contributed by atoms with Crippen LogP contribution in [-0.2, 0) is 9.59 Å². The van der Waals surface area contributed by atoms with Crippen molar-refractivity contribution in [2.24, 2.45) is 0 Å². The molecule has 26 heavy (non-hydrogen) atoms. The van der Waals surface area contributed by atoms with Gasteiger partial charge in [-0.05, 0) is 12.8 Å². The number of ether oxygens (including phenoxy) is 2. The molecule has 6 nitrogen and oxygen atoms in total. The van der Waals surface area contributed by atoms with E-state index in [9.17, 15) is 9.59 Å². The highest BCUT2D eigenvalue weighted by molar-refractivity contribution is 8.23. The normalized spacial score (nSPS) is 13.9. The van der Waals surface area contributed by atoms with Crippen molar-refractivity contribution < 1.29 is 19.1 Å². The molecular weight excluding hydrogens is 396 g/mol. The second-order valence-electron chi connectivity index (χ2n) is 5.65. The molecule has 1 aromatic rings. The minimum Gasteiger partial charge on any atom is -0.495 e. The van der Waals surface area contributed by atoms with E-state index in [4.69, 9.17) is 33.3 Å². The minimum atomic E-state index is -0.115. The van der Waals surface area contributed by atoms with Gasteiger partial charge in [-0.3, -0.25) is 14.5 Å². The van der Waals surface area contributed by atoms with Crippen molar-refractivity contribution >= 4 is 57.4 Å². The Morgan fingerprint density at radius 2 is 2.00 bits per heavy atom. The highest BCUT2D eigenvalue weighted by Gasteiger charge is 2.25. The molecule has 0 radical (unpaired) electrons. The number of nitrogens with one attached hydrogen (secondary N) is 1. The molecule has 1 N–H and O–H groups in total. The molecule has 2 amide bonds. The standard InChI is InChI=1S/C17H21ClN2O4S2/c1-23-13-9-12(14(24-2)8-11(13)18)19-15(21)6-4-3-5-7-20-16(22)10-26-17(20)25/h8-9H,3-7,10H2,1-2H3,(H,19,21). The lowest BCUT2D eigenvalue weighted by atomic mass is 10.1. The number of hydrogen-bond acceptors (Lipinski definition) is 6. The largest absolute Gasteiger partial charge is 0.495 e. The Morgan fingerprint density at radius 3 is 2.62 bits per heavy atom. The van der Waals surface area contributed by atoms with Crippen LogP contribution in [0.5, 0.6) is 11.5 Å². The predicted octanol–water partition coefficient (Wildman–Crippen LogP) is 3.72. The molecule has 0 saturated carbocycles. The van der Waals surface area contributed by atoms with E-state index in [1.54, 1.807) is 17.0 Å². The summed E-state index contributed by atoms with van der Waals surface area (Å²) < 4.78 is 11.1. The minimum absolute atomic E-state index is 0.0709. The smallest absolute Gasteiger partial charge is 0.238 e. The average molecular weight is 417 g/mol. The van der Waals surface area contributed by atoms with Crippen molar-refractivity contribution in [3.63, 3.8) is 0 Å². The quantitative estimate of drug-likeness (QED) is 0.488. The molecule has 1 saturated heterocycles. The number of benzene rings is 1. The molecule has 0 bridgehead atoms. The fourth-order valence-corrected chi connectivity index (χ4v) is 3.85. The zero-order valence-electron chi connectivity index (χ0n) is 14.7. The first-order valence-corrected chi connectivity index (χ1v) is 9.92. The third-order valence-electron chi connectivity index (χ3n) is 3.87. The lowest BCUT2D eigenvalue weighted by molar-refractivity contribution is -0.124. The van der Waals surface area contributed by atoms with Gasteiger partial charge < -0.3 is 14.8 Å². The molecule has 0 aliphatic carbocycles. The highest BCUT2D eigenvalue weighted by atomic mass is 35.5. The van der Waals surface area contributed by atoms with Gasteiger partial charge in [0.1, 0.15) is 15.8 Å². The zero-order valence-corrected chi connectivity index (χ0v) is 17.1. The number of thiocarbonyl (C=S) groups is 1. The van der Waals surface area contributed by atoms with Crippen LogP contribution >= 0.6 is 35.6 Å². The number of carbonyl (C=O) groups is 2. The lowest BCUT2D eigenvalue weighted by Crippen LogP contribution is -2.29. The van der Waals surface area contributed by atoms with Crippen molar-refractivity contribution in [3.8, 4) is 11.5 Å². The molecule has 0 unspecified atom stereocenters.